The molecule has 0 bridgehead atoms. The minimum absolute atomic E-state index is 0.00154. The van der Waals surface area contributed by atoms with Gasteiger partial charge in [-0.25, -0.2) is 8.42 Å². The molecule has 1 amide bonds. The van der Waals surface area contributed by atoms with E-state index >= 15 is 0 Å². The summed E-state index contributed by atoms with van der Waals surface area (Å²) < 4.78 is 32.0. The van der Waals surface area contributed by atoms with Crippen LogP contribution in [0.5, 0.6) is 5.75 Å². The first kappa shape index (κ1) is 21.8. The van der Waals surface area contributed by atoms with Crippen molar-refractivity contribution in [3.63, 3.8) is 0 Å². The number of ether oxygens (including phenoxy) is 1. The molecule has 8 nitrogen and oxygen atoms in total. The first-order chi connectivity index (χ1) is 14.2. The molecular weight excluding hydrogens is 406 g/mol. The largest absolute Gasteiger partial charge is 0.497 e. The summed E-state index contributed by atoms with van der Waals surface area (Å²) in [6.07, 6.45) is -0.897. The predicted molar refractivity (Wildman–Crippen MR) is 113 cm³/mol. The molecule has 160 valence electrons. The Morgan fingerprint density at radius 2 is 1.83 bits per heavy atom. The molecule has 30 heavy (non-hydrogen) atoms. The second-order valence-corrected chi connectivity index (χ2v) is 8.95. The maximum atomic E-state index is 12.8. The van der Waals surface area contributed by atoms with Gasteiger partial charge in [0.1, 0.15) is 17.6 Å². The van der Waals surface area contributed by atoms with Gasteiger partial charge in [-0.05, 0) is 35.7 Å². The lowest BCUT2D eigenvalue weighted by Gasteiger charge is -2.19. The van der Waals surface area contributed by atoms with Crippen molar-refractivity contribution in [3.05, 3.63) is 59.7 Å². The highest BCUT2D eigenvalue weighted by Crippen LogP contribution is 2.23. The Hall–Kier alpha value is -2.91. The predicted octanol–water partition coefficient (Wildman–Crippen LogP) is 1.61. The lowest BCUT2D eigenvalue weighted by atomic mass is 10.0. The molecule has 0 spiro atoms. The van der Waals surface area contributed by atoms with Gasteiger partial charge in [-0.3, -0.25) is 14.5 Å². The van der Waals surface area contributed by atoms with Gasteiger partial charge in [0, 0.05) is 12.1 Å². The van der Waals surface area contributed by atoms with E-state index in [9.17, 15) is 18.3 Å². The van der Waals surface area contributed by atoms with Crippen LogP contribution in [-0.2, 0) is 14.8 Å². The quantitative estimate of drug-likeness (QED) is 0.616. The Morgan fingerprint density at radius 1 is 1.17 bits per heavy atom. The molecule has 0 saturated heterocycles. The highest BCUT2D eigenvalue weighted by molar-refractivity contribution is 7.90. The lowest BCUT2D eigenvalue weighted by Crippen LogP contribution is -2.40. The van der Waals surface area contributed by atoms with Crippen LogP contribution in [0.4, 0.5) is 0 Å². The number of methoxy groups -OCH3 is 1. The Bertz CT molecular complexity index is 1050. The van der Waals surface area contributed by atoms with Crippen molar-refractivity contribution >= 4 is 21.8 Å². The molecule has 0 radical (unpaired) electrons. The fourth-order valence-corrected chi connectivity index (χ4v) is 4.36. The second-order valence-electron chi connectivity index (χ2n) is 7.30. The van der Waals surface area contributed by atoms with Crippen LogP contribution < -0.4 is 14.8 Å². The zero-order valence-electron chi connectivity index (χ0n) is 17.0. The number of carbonyl (C=O) groups is 1. The summed E-state index contributed by atoms with van der Waals surface area (Å²) >= 11 is 0. The van der Waals surface area contributed by atoms with Gasteiger partial charge in [0.05, 0.1) is 18.1 Å². The molecule has 0 aromatic heterocycles. The minimum atomic E-state index is -3.68. The smallest absolute Gasteiger partial charge is 0.263 e. The van der Waals surface area contributed by atoms with E-state index in [1.807, 2.05) is 13.8 Å². The van der Waals surface area contributed by atoms with E-state index in [2.05, 4.69) is 15.0 Å². The summed E-state index contributed by atoms with van der Waals surface area (Å²) in [5.41, 5.74) is 1.08. The van der Waals surface area contributed by atoms with E-state index in [4.69, 9.17) is 4.74 Å². The van der Waals surface area contributed by atoms with Gasteiger partial charge in [-0.1, -0.05) is 38.1 Å². The number of fused-ring (bicyclic) bond motifs is 1. The number of nitrogens with one attached hydrogen (secondary N) is 2. The third kappa shape index (κ3) is 4.63. The molecule has 1 aliphatic rings. The summed E-state index contributed by atoms with van der Waals surface area (Å²) in [5.74, 6) is 0.238. The van der Waals surface area contributed by atoms with E-state index in [-0.39, 0.29) is 23.2 Å². The molecule has 1 unspecified atom stereocenters. The van der Waals surface area contributed by atoms with Gasteiger partial charge in [-0.15, -0.1) is 0 Å². The monoisotopic (exact) mass is 431 g/mol. The number of benzene rings is 2. The van der Waals surface area contributed by atoms with Gasteiger partial charge in [-0.2, -0.15) is 0 Å². The van der Waals surface area contributed by atoms with Crippen molar-refractivity contribution in [1.29, 1.82) is 0 Å². The van der Waals surface area contributed by atoms with Crippen molar-refractivity contribution in [3.8, 4) is 5.75 Å². The normalized spacial score (nSPS) is 17.8. The number of hydrogen-bond donors (Lipinski definition) is 3. The van der Waals surface area contributed by atoms with Crippen molar-refractivity contribution in [2.24, 2.45) is 10.9 Å². The van der Waals surface area contributed by atoms with Gasteiger partial charge < -0.3 is 15.2 Å². The Kier molecular flexibility index (Phi) is 6.42. The standard InChI is InChI=1S/C21H25N3O5S/c1-13(2)19(23-20-16-6-4-5-7-18(16)30(27,28)24-20)21(26)22-12-17(25)14-8-10-15(29-3)11-9-14/h4-11,13,17,19,25H,12H2,1-3H3,(H,22,26)(H,23,24)/t17?,19-/m0/s1. The van der Waals surface area contributed by atoms with Crippen molar-refractivity contribution in [2.75, 3.05) is 13.7 Å². The highest BCUT2D eigenvalue weighted by atomic mass is 32.2. The van der Waals surface area contributed by atoms with Crippen LogP contribution in [0.1, 0.15) is 31.1 Å². The zero-order chi connectivity index (χ0) is 21.9. The number of sulfonamides is 1. The van der Waals surface area contributed by atoms with Gasteiger partial charge in [0.25, 0.3) is 10.0 Å². The van der Waals surface area contributed by atoms with Crippen molar-refractivity contribution in [2.45, 2.75) is 30.9 Å². The first-order valence-corrected chi connectivity index (χ1v) is 11.0. The van der Waals surface area contributed by atoms with Crippen LogP contribution in [0.2, 0.25) is 0 Å². The lowest BCUT2D eigenvalue weighted by molar-refractivity contribution is -0.123. The number of rotatable bonds is 7. The molecule has 3 rings (SSSR count). The molecule has 9 heteroatoms. The Morgan fingerprint density at radius 3 is 2.47 bits per heavy atom. The number of aliphatic imine (C=N–C) groups is 1. The molecule has 2 aromatic rings. The zero-order valence-corrected chi connectivity index (χ0v) is 17.8. The molecule has 0 aliphatic carbocycles. The summed E-state index contributed by atoms with van der Waals surface area (Å²) in [5, 5.41) is 13.1. The average Bonchev–Trinajstić information content (AvgIpc) is 3.00. The van der Waals surface area contributed by atoms with Crippen LogP contribution in [-0.4, -0.2) is 45.0 Å². The second kappa shape index (κ2) is 8.85. The molecule has 1 aliphatic heterocycles. The maximum absolute atomic E-state index is 12.8. The number of aliphatic hydroxyl groups excluding tert-OH is 1. The molecule has 2 atom stereocenters. The third-order valence-corrected chi connectivity index (χ3v) is 6.20. The van der Waals surface area contributed by atoms with Crippen molar-refractivity contribution in [1.82, 2.24) is 10.0 Å². The maximum Gasteiger partial charge on any atom is 0.263 e. The first-order valence-electron chi connectivity index (χ1n) is 9.52. The van der Waals surface area contributed by atoms with Crippen LogP contribution in [0.15, 0.2) is 58.4 Å². The fraction of sp³-hybridized carbons (Fsp3) is 0.333. The van der Waals surface area contributed by atoms with Gasteiger partial charge in [0.2, 0.25) is 5.91 Å². The molecule has 1 heterocycles. The van der Waals surface area contributed by atoms with E-state index in [0.717, 1.165) is 0 Å². The van der Waals surface area contributed by atoms with E-state index in [0.29, 0.717) is 16.9 Å². The fourth-order valence-electron chi connectivity index (χ4n) is 3.13. The summed E-state index contributed by atoms with van der Waals surface area (Å²) in [6.45, 7) is 3.65. The number of amides is 1. The Balaban J connectivity index is 1.73. The van der Waals surface area contributed by atoms with Crippen molar-refractivity contribution < 1.29 is 23.1 Å². The molecule has 3 N–H and O–H groups in total. The van der Waals surface area contributed by atoms with E-state index in [1.165, 1.54) is 6.07 Å². The topological polar surface area (TPSA) is 117 Å². The highest BCUT2D eigenvalue weighted by Gasteiger charge is 2.32. The average molecular weight is 432 g/mol. The van der Waals surface area contributed by atoms with Crippen LogP contribution in [0.3, 0.4) is 0 Å². The van der Waals surface area contributed by atoms with Gasteiger partial charge in [0.15, 0.2) is 0 Å². The minimum Gasteiger partial charge on any atom is -0.497 e. The number of carbonyl (C=O) groups excluding carboxylic acids is 1. The van der Waals surface area contributed by atoms with Crippen LogP contribution in [0.25, 0.3) is 0 Å². The number of nitrogens with zero attached hydrogens (tertiary/aromatic N) is 1. The van der Waals surface area contributed by atoms with E-state index in [1.54, 1.807) is 49.6 Å². The molecular formula is C21H25N3O5S. The van der Waals surface area contributed by atoms with Crippen LogP contribution >= 0.6 is 0 Å². The summed E-state index contributed by atoms with van der Waals surface area (Å²) in [7, 11) is -2.12. The van der Waals surface area contributed by atoms with Crippen LogP contribution in [0, 0.1) is 5.92 Å². The number of hydrogen-bond acceptors (Lipinski definition) is 6. The van der Waals surface area contributed by atoms with Gasteiger partial charge >= 0.3 is 0 Å². The Labute approximate surface area is 176 Å². The molecule has 0 fully saturated rings. The van der Waals surface area contributed by atoms with E-state index < -0.39 is 28.1 Å². The SMILES string of the molecule is COc1ccc(C(O)CNC(=O)[C@@H](N=C2NS(=O)(=O)c3ccccc32)C(C)C)cc1. The summed E-state index contributed by atoms with van der Waals surface area (Å²) in [6, 6.07) is 12.6. The number of aliphatic hydroxyl groups is 1. The molecule has 2 aromatic carbocycles. The summed E-state index contributed by atoms with van der Waals surface area (Å²) in [4.78, 5) is 17.3. The molecule has 0 saturated carbocycles. The third-order valence-electron chi connectivity index (χ3n) is 4.80. The number of amidine groups is 1.